The summed E-state index contributed by atoms with van der Waals surface area (Å²) < 4.78 is 0. The van der Waals surface area contributed by atoms with Crippen molar-refractivity contribution < 1.29 is 4.79 Å². The van der Waals surface area contributed by atoms with E-state index >= 15 is 0 Å². The van der Waals surface area contributed by atoms with Gasteiger partial charge in [0.1, 0.15) is 0 Å². The lowest BCUT2D eigenvalue weighted by molar-refractivity contribution is -0.138. The van der Waals surface area contributed by atoms with Crippen molar-refractivity contribution in [1.82, 2.24) is 9.80 Å². The number of hydrogen-bond donors (Lipinski definition) is 1. The first-order valence-electron chi connectivity index (χ1n) is 6.08. The zero-order chi connectivity index (χ0) is 13.1. The average Bonchev–Trinajstić information content (AvgIpc) is 2.74. The number of aliphatic imine (C=N–C) groups is 1. The molecule has 1 saturated carbocycles. The minimum Gasteiger partial charge on any atom is -0.370 e. The number of nitrogens with zero attached hydrogens (tertiary/aromatic N) is 3. The predicted octanol–water partition coefficient (Wildman–Crippen LogP) is 0.511. The van der Waals surface area contributed by atoms with E-state index < -0.39 is 0 Å². The second-order valence-electron chi connectivity index (χ2n) is 5.26. The topological polar surface area (TPSA) is 61.9 Å². The summed E-state index contributed by atoms with van der Waals surface area (Å²) in [6.45, 7) is 0.508. The average molecular weight is 240 g/mol. The Bertz CT molecular complexity index is 304. The highest BCUT2D eigenvalue weighted by Gasteiger charge is 2.41. The molecular formula is C12H24N4O. The molecule has 0 unspecified atom stereocenters. The van der Waals surface area contributed by atoms with Crippen LogP contribution in [0.25, 0.3) is 0 Å². The van der Waals surface area contributed by atoms with E-state index in [1.165, 1.54) is 0 Å². The monoisotopic (exact) mass is 240 g/mol. The molecule has 0 radical (unpaired) electrons. The molecule has 1 aliphatic carbocycles. The van der Waals surface area contributed by atoms with Crippen LogP contribution in [0.4, 0.5) is 0 Å². The van der Waals surface area contributed by atoms with Crippen LogP contribution in [-0.4, -0.2) is 56.4 Å². The fourth-order valence-electron chi connectivity index (χ4n) is 2.34. The number of carbonyl (C=O) groups excluding carboxylic acids is 1. The fourth-order valence-corrected chi connectivity index (χ4v) is 2.34. The van der Waals surface area contributed by atoms with Gasteiger partial charge in [-0.05, 0) is 12.8 Å². The summed E-state index contributed by atoms with van der Waals surface area (Å²) in [7, 11) is 7.32. The molecule has 0 saturated heterocycles. The maximum absolute atomic E-state index is 12.3. The Kier molecular flexibility index (Phi) is 4.37. The van der Waals surface area contributed by atoms with Gasteiger partial charge >= 0.3 is 0 Å². The third-order valence-electron chi connectivity index (χ3n) is 3.42. The lowest BCUT2D eigenvalue weighted by Gasteiger charge is -2.29. The number of rotatable bonds is 3. The SMILES string of the molecule is CN(C)C(=O)C1(CN=C(N)N(C)C)CCCC1. The molecular weight excluding hydrogens is 216 g/mol. The number of amides is 1. The molecule has 2 N–H and O–H groups in total. The van der Waals surface area contributed by atoms with E-state index in [2.05, 4.69) is 4.99 Å². The van der Waals surface area contributed by atoms with Crippen LogP contribution in [0, 0.1) is 5.41 Å². The smallest absolute Gasteiger partial charge is 0.230 e. The standard InChI is InChI=1S/C12H24N4O/c1-15(2)10(17)12(7-5-6-8-12)9-14-11(13)16(3)4/h5-9H2,1-4H3,(H2,13,14). The van der Waals surface area contributed by atoms with Crippen molar-refractivity contribution in [1.29, 1.82) is 0 Å². The molecule has 1 amide bonds. The van der Waals surface area contributed by atoms with Gasteiger partial charge in [0.25, 0.3) is 0 Å². The largest absolute Gasteiger partial charge is 0.370 e. The Balaban J connectivity index is 2.80. The van der Waals surface area contributed by atoms with Crippen LogP contribution in [0.15, 0.2) is 4.99 Å². The van der Waals surface area contributed by atoms with Crippen molar-refractivity contribution in [3.05, 3.63) is 0 Å². The van der Waals surface area contributed by atoms with E-state index in [1.807, 2.05) is 14.1 Å². The molecule has 0 heterocycles. The molecule has 1 rings (SSSR count). The zero-order valence-corrected chi connectivity index (χ0v) is 11.4. The lowest BCUT2D eigenvalue weighted by Crippen LogP contribution is -2.41. The lowest BCUT2D eigenvalue weighted by atomic mass is 9.85. The maximum Gasteiger partial charge on any atom is 0.230 e. The molecule has 0 atom stereocenters. The van der Waals surface area contributed by atoms with Crippen LogP contribution < -0.4 is 5.73 Å². The molecule has 1 fully saturated rings. The number of guanidine groups is 1. The summed E-state index contributed by atoms with van der Waals surface area (Å²) in [6.07, 6.45) is 4.07. The second kappa shape index (κ2) is 5.38. The zero-order valence-electron chi connectivity index (χ0n) is 11.4. The summed E-state index contributed by atoms with van der Waals surface area (Å²) in [5.74, 6) is 0.674. The van der Waals surface area contributed by atoms with Gasteiger partial charge < -0.3 is 15.5 Å². The van der Waals surface area contributed by atoms with Gasteiger partial charge in [-0.1, -0.05) is 12.8 Å². The molecule has 17 heavy (non-hydrogen) atoms. The number of hydrogen-bond acceptors (Lipinski definition) is 2. The molecule has 0 aromatic carbocycles. The highest BCUT2D eigenvalue weighted by Crippen LogP contribution is 2.39. The van der Waals surface area contributed by atoms with Crippen molar-refractivity contribution in [3.8, 4) is 0 Å². The third kappa shape index (κ3) is 3.11. The Morgan fingerprint density at radius 1 is 1.18 bits per heavy atom. The third-order valence-corrected chi connectivity index (χ3v) is 3.42. The van der Waals surface area contributed by atoms with E-state index in [0.717, 1.165) is 25.7 Å². The van der Waals surface area contributed by atoms with Gasteiger partial charge in [0.15, 0.2) is 5.96 Å². The Morgan fingerprint density at radius 2 is 1.71 bits per heavy atom. The summed E-state index contributed by atoms with van der Waals surface area (Å²) in [5.41, 5.74) is 5.47. The van der Waals surface area contributed by atoms with E-state index in [-0.39, 0.29) is 11.3 Å². The van der Waals surface area contributed by atoms with Crippen molar-refractivity contribution in [2.75, 3.05) is 34.7 Å². The van der Waals surface area contributed by atoms with Gasteiger partial charge in [0.2, 0.25) is 5.91 Å². The molecule has 0 aromatic rings. The molecule has 98 valence electrons. The normalized spacial score (nSPS) is 19.2. The van der Waals surface area contributed by atoms with Crippen molar-refractivity contribution in [2.45, 2.75) is 25.7 Å². The highest BCUT2D eigenvalue weighted by molar-refractivity contribution is 5.84. The molecule has 1 aliphatic rings. The van der Waals surface area contributed by atoms with Crippen LogP contribution in [0.2, 0.25) is 0 Å². The van der Waals surface area contributed by atoms with Crippen LogP contribution >= 0.6 is 0 Å². The van der Waals surface area contributed by atoms with Gasteiger partial charge in [-0.3, -0.25) is 9.79 Å². The minimum atomic E-state index is -0.315. The molecule has 5 nitrogen and oxygen atoms in total. The maximum atomic E-state index is 12.3. The van der Waals surface area contributed by atoms with E-state index in [4.69, 9.17) is 5.73 Å². The van der Waals surface area contributed by atoms with Crippen molar-refractivity contribution >= 4 is 11.9 Å². The Morgan fingerprint density at radius 3 is 2.12 bits per heavy atom. The van der Waals surface area contributed by atoms with Crippen LogP contribution in [0.1, 0.15) is 25.7 Å². The summed E-state index contributed by atoms with van der Waals surface area (Å²) in [4.78, 5) is 20.0. The second-order valence-corrected chi connectivity index (χ2v) is 5.26. The van der Waals surface area contributed by atoms with Gasteiger partial charge in [-0.15, -0.1) is 0 Å². The first-order chi connectivity index (χ1) is 7.89. The highest BCUT2D eigenvalue weighted by atomic mass is 16.2. The fraction of sp³-hybridized carbons (Fsp3) is 0.833. The van der Waals surface area contributed by atoms with Gasteiger partial charge in [-0.2, -0.15) is 0 Å². The first kappa shape index (κ1) is 13.8. The summed E-state index contributed by atoms with van der Waals surface area (Å²) in [6, 6.07) is 0. The quantitative estimate of drug-likeness (QED) is 0.577. The number of nitrogens with two attached hydrogens (primary N) is 1. The predicted molar refractivity (Wildman–Crippen MR) is 69.8 cm³/mol. The molecule has 0 aromatic heterocycles. The van der Waals surface area contributed by atoms with E-state index in [1.54, 1.807) is 23.9 Å². The van der Waals surface area contributed by atoms with Crippen LogP contribution in [0.5, 0.6) is 0 Å². The van der Waals surface area contributed by atoms with Gasteiger partial charge in [0, 0.05) is 28.2 Å². The molecule has 5 heteroatoms. The Labute approximate surface area is 104 Å². The van der Waals surface area contributed by atoms with Gasteiger partial charge in [-0.25, -0.2) is 0 Å². The first-order valence-corrected chi connectivity index (χ1v) is 6.08. The van der Waals surface area contributed by atoms with Gasteiger partial charge in [0.05, 0.1) is 12.0 Å². The van der Waals surface area contributed by atoms with Crippen molar-refractivity contribution in [2.24, 2.45) is 16.1 Å². The Hall–Kier alpha value is -1.26. The number of carbonyl (C=O) groups is 1. The molecule has 0 aliphatic heterocycles. The van der Waals surface area contributed by atoms with Crippen LogP contribution in [0.3, 0.4) is 0 Å². The van der Waals surface area contributed by atoms with E-state index in [9.17, 15) is 4.79 Å². The molecule has 0 spiro atoms. The summed E-state index contributed by atoms with van der Waals surface area (Å²) in [5, 5.41) is 0. The van der Waals surface area contributed by atoms with Crippen molar-refractivity contribution in [3.63, 3.8) is 0 Å². The molecule has 0 bridgehead atoms. The summed E-state index contributed by atoms with van der Waals surface area (Å²) >= 11 is 0. The van der Waals surface area contributed by atoms with E-state index in [0.29, 0.717) is 12.5 Å². The van der Waals surface area contributed by atoms with Crippen LogP contribution in [-0.2, 0) is 4.79 Å². The minimum absolute atomic E-state index is 0.185.